The Labute approximate surface area is 168 Å². The van der Waals surface area contributed by atoms with E-state index in [1.54, 1.807) is 43.6 Å². The molecule has 29 heavy (non-hydrogen) atoms. The van der Waals surface area contributed by atoms with Crippen LogP contribution in [0.5, 0.6) is 0 Å². The van der Waals surface area contributed by atoms with E-state index in [1.807, 2.05) is 36.4 Å². The van der Waals surface area contributed by atoms with Crippen molar-refractivity contribution in [1.82, 2.24) is 9.88 Å². The number of pyridine rings is 1. The number of hydrogen-bond acceptors (Lipinski definition) is 4. The number of anilines is 1. The van der Waals surface area contributed by atoms with Crippen molar-refractivity contribution in [2.75, 3.05) is 5.32 Å². The zero-order chi connectivity index (χ0) is 20.4. The lowest BCUT2D eigenvalue weighted by molar-refractivity contribution is -0.119. The van der Waals surface area contributed by atoms with Crippen molar-refractivity contribution in [2.45, 2.75) is 19.4 Å². The van der Waals surface area contributed by atoms with Crippen LogP contribution in [0.15, 0.2) is 73.1 Å². The van der Waals surface area contributed by atoms with Gasteiger partial charge in [0.25, 0.3) is 11.8 Å². The normalized spacial score (nSPS) is 13.9. The molecule has 1 aromatic heterocycles. The third-order valence-electron chi connectivity index (χ3n) is 4.97. The van der Waals surface area contributed by atoms with Crippen molar-refractivity contribution < 1.29 is 14.4 Å². The summed E-state index contributed by atoms with van der Waals surface area (Å²) >= 11 is 0. The molecule has 0 spiro atoms. The monoisotopic (exact) mass is 385 g/mol. The minimum absolute atomic E-state index is 0.331. The van der Waals surface area contributed by atoms with E-state index in [-0.39, 0.29) is 0 Å². The standard InChI is InChI=1S/C23H19N3O3/c1-15(26-22(28)19-4-2-3-5-20(19)23(26)29)21(27)25-18-8-6-16(7-9-18)14-17-10-12-24-13-11-17/h2-13,15H,14H2,1H3,(H,25,27). The van der Waals surface area contributed by atoms with Gasteiger partial charge in [-0.05, 0) is 60.9 Å². The average Bonchev–Trinajstić information content (AvgIpc) is 3.00. The molecule has 1 N–H and O–H groups in total. The number of nitrogens with one attached hydrogen (secondary N) is 1. The third-order valence-corrected chi connectivity index (χ3v) is 4.97. The van der Waals surface area contributed by atoms with Crippen LogP contribution < -0.4 is 5.32 Å². The summed E-state index contributed by atoms with van der Waals surface area (Å²) in [6, 6.07) is 17.1. The van der Waals surface area contributed by atoms with Gasteiger partial charge in [-0.1, -0.05) is 24.3 Å². The highest BCUT2D eigenvalue weighted by Gasteiger charge is 2.40. The fourth-order valence-corrected chi connectivity index (χ4v) is 3.37. The Bertz CT molecular complexity index is 1040. The van der Waals surface area contributed by atoms with Crippen LogP contribution in [0.1, 0.15) is 38.8 Å². The molecule has 1 atom stereocenters. The molecule has 4 rings (SSSR count). The Kier molecular flexibility index (Phi) is 4.91. The average molecular weight is 385 g/mol. The van der Waals surface area contributed by atoms with Gasteiger partial charge in [0, 0.05) is 18.1 Å². The summed E-state index contributed by atoms with van der Waals surface area (Å²) in [5.41, 5.74) is 3.52. The number of fused-ring (bicyclic) bond motifs is 1. The summed E-state index contributed by atoms with van der Waals surface area (Å²) in [5, 5.41) is 2.78. The summed E-state index contributed by atoms with van der Waals surface area (Å²) < 4.78 is 0. The Morgan fingerprint density at radius 1 is 0.897 bits per heavy atom. The molecule has 1 aliphatic heterocycles. The van der Waals surface area contributed by atoms with Gasteiger partial charge in [-0.15, -0.1) is 0 Å². The molecule has 6 heteroatoms. The number of imide groups is 1. The summed E-state index contributed by atoms with van der Waals surface area (Å²) in [5.74, 6) is -1.30. The fraction of sp³-hybridized carbons (Fsp3) is 0.130. The van der Waals surface area contributed by atoms with E-state index < -0.39 is 23.8 Å². The molecular formula is C23H19N3O3. The van der Waals surface area contributed by atoms with E-state index in [0.717, 1.165) is 22.4 Å². The number of nitrogens with zero attached hydrogens (tertiary/aromatic N) is 2. The molecular weight excluding hydrogens is 366 g/mol. The molecule has 1 unspecified atom stereocenters. The zero-order valence-corrected chi connectivity index (χ0v) is 15.8. The van der Waals surface area contributed by atoms with Crippen molar-refractivity contribution >= 4 is 23.4 Å². The van der Waals surface area contributed by atoms with E-state index in [9.17, 15) is 14.4 Å². The van der Waals surface area contributed by atoms with E-state index >= 15 is 0 Å². The number of carbonyl (C=O) groups excluding carboxylic acids is 3. The molecule has 144 valence electrons. The van der Waals surface area contributed by atoms with Crippen LogP contribution in [0.2, 0.25) is 0 Å². The summed E-state index contributed by atoms with van der Waals surface area (Å²) in [6.07, 6.45) is 4.28. The van der Waals surface area contributed by atoms with Gasteiger partial charge < -0.3 is 5.32 Å². The first-order valence-corrected chi connectivity index (χ1v) is 9.30. The van der Waals surface area contributed by atoms with Crippen LogP contribution in [0, 0.1) is 0 Å². The Morgan fingerprint density at radius 2 is 1.45 bits per heavy atom. The summed E-state index contributed by atoms with van der Waals surface area (Å²) in [4.78, 5) is 42.8. The lowest BCUT2D eigenvalue weighted by atomic mass is 10.1. The number of rotatable bonds is 5. The van der Waals surface area contributed by atoms with E-state index in [2.05, 4.69) is 10.3 Å². The molecule has 6 nitrogen and oxygen atoms in total. The second-order valence-electron chi connectivity index (χ2n) is 6.92. The predicted molar refractivity (Wildman–Crippen MR) is 109 cm³/mol. The highest BCUT2D eigenvalue weighted by molar-refractivity contribution is 6.23. The zero-order valence-electron chi connectivity index (χ0n) is 15.8. The third kappa shape index (κ3) is 3.65. The van der Waals surface area contributed by atoms with Gasteiger partial charge in [0.1, 0.15) is 6.04 Å². The smallest absolute Gasteiger partial charge is 0.262 e. The van der Waals surface area contributed by atoms with Gasteiger partial charge in [0.05, 0.1) is 11.1 Å². The first-order valence-electron chi connectivity index (χ1n) is 9.30. The summed E-state index contributed by atoms with van der Waals surface area (Å²) in [6.45, 7) is 1.55. The lowest BCUT2D eigenvalue weighted by Crippen LogP contribution is -2.45. The van der Waals surface area contributed by atoms with Crippen molar-refractivity contribution in [2.24, 2.45) is 0 Å². The number of carbonyl (C=O) groups is 3. The van der Waals surface area contributed by atoms with Gasteiger partial charge >= 0.3 is 0 Å². The van der Waals surface area contributed by atoms with E-state index in [4.69, 9.17) is 0 Å². The minimum atomic E-state index is -0.918. The topological polar surface area (TPSA) is 79.4 Å². The lowest BCUT2D eigenvalue weighted by Gasteiger charge is -2.21. The highest BCUT2D eigenvalue weighted by atomic mass is 16.2. The maximum absolute atomic E-state index is 12.7. The molecule has 0 radical (unpaired) electrons. The number of hydrogen-bond donors (Lipinski definition) is 1. The van der Waals surface area contributed by atoms with E-state index in [0.29, 0.717) is 16.8 Å². The van der Waals surface area contributed by atoms with Gasteiger partial charge in [0.15, 0.2) is 0 Å². The Morgan fingerprint density at radius 3 is 2.03 bits per heavy atom. The molecule has 1 aliphatic rings. The van der Waals surface area contributed by atoms with Crippen LogP contribution in [-0.2, 0) is 11.2 Å². The molecule has 2 aromatic carbocycles. The first kappa shape index (κ1) is 18.6. The van der Waals surface area contributed by atoms with Crippen LogP contribution in [0.4, 0.5) is 5.69 Å². The number of benzene rings is 2. The SMILES string of the molecule is CC(C(=O)Nc1ccc(Cc2ccncc2)cc1)N1C(=O)c2ccccc2C1=O. The molecule has 0 saturated heterocycles. The maximum atomic E-state index is 12.7. The second-order valence-corrected chi connectivity index (χ2v) is 6.92. The minimum Gasteiger partial charge on any atom is -0.324 e. The van der Waals surface area contributed by atoms with Crippen molar-refractivity contribution in [1.29, 1.82) is 0 Å². The predicted octanol–water partition coefficient (Wildman–Crippen LogP) is 3.30. The van der Waals surface area contributed by atoms with Gasteiger partial charge in [-0.25, -0.2) is 0 Å². The molecule has 3 amide bonds. The van der Waals surface area contributed by atoms with Crippen molar-refractivity contribution in [3.05, 3.63) is 95.3 Å². The van der Waals surface area contributed by atoms with Gasteiger partial charge in [-0.3, -0.25) is 24.3 Å². The molecule has 0 bridgehead atoms. The highest BCUT2D eigenvalue weighted by Crippen LogP contribution is 2.25. The quantitative estimate of drug-likeness (QED) is 0.684. The van der Waals surface area contributed by atoms with Gasteiger partial charge in [0.2, 0.25) is 5.91 Å². The molecule has 2 heterocycles. The molecule has 3 aromatic rings. The Balaban J connectivity index is 1.43. The van der Waals surface area contributed by atoms with E-state index in [1.165, 1.54) is 0 Å². The van der Waals surface area contributed by atoms with Crippen LogP contribution in [0.25, 0.3) is 0 Å². The van der Waals surface area contributed by atoms with Crippen molar-refractivity contribution in [3.8, 4) is 0 Å². The van der Waals surface area contributed by atoms with Crippen molar-refractivity contribution in [3.63, 3.8) is 0 Å². The van der Waals surface area contributed by atoms with Crippen LogP contribution in [0.3, 0.4) is 0 Å². The first-order chi connectivity index (χ1) is 14.0. The fourth-order valence-electron chi connectivity index (χ4n) is 3.37. The largest absolute Gasteiger partial charge is 0.324 e. The second kappa shape index (κ2) is 7.67. The van der Waals surface area contributed by atoms with Crippen LogP contribution in [-0.4, -0.2) is 33.6 Å². The van der Waals surface area contributed by atoms with Crippen LogP contribution >= 0.6 is 0 Å². The molecule has 0 aliphatic carbocycles. The molecule has 0 saturated carbocycles. The number of amides is 3. The Hall–Kier alpha value is -3.80. The maximum Gasteiger partial charge on any atom is 0.262 e. The molecule has 0 fully saturated rings. The summed E-state index contributed by atoms with van der Waals surface area (Å²) in [7, 11) is 0. The van der Waals surface area contributed by atoms with Gasteiger partial charge in [-0.2, -0.15) is 0 Å². The number of aromatic nitrogens is 1.